The number of aliphatic carboxylic acids is 1. The number of fused-ring (bicyclic) bond motifs is 1. The van der Waals surface area contributed by atoms with Crippen LogP contribution in [0.15, 0.2) is 85.1 Å². The highest BCUT2D eigenvalue weighted by Crippen LogP contribution is 2.20. The van der Waals surface area contributed by atoms with Gasteiger partial charge in [-0.05, 0) is 78.8 Å². The Morgan fingerprint density at radius 2 is 1.29 bits per heavy atom. The minimum absolute atomic E-state index is 0.0175. The normalized spacial score (nSPS) is 22.3. The van der Waals surface area contributed by atoms with Gasteiger partial charge in [0.05, 0.1) is 6.04 Å². The highest BCUT2D eigenvalue weighted by Gasteiger charge is 2.35. The number of phenols is 1. The van der Waals surface area contributed by atoms with Gasteiger partial charge in [0.25, 0.3) is 0 Å². The summed E-state index contributed by atoms with van der Waals surface area (Å²) >= 11 is 1.18. The number of phenolic OH excluding ortho intramolecular Hbond substituents is 1. The van der Waals surface area contributed by atoms with Crippen LogP contribution in [0.4, 0.5) is 0 Å². The maximum absolute atomic E-state index is 14.6. The standard InChI is InChI=1S/C47H61N9O9S/c1-27(2)40(47(64)65)56-46(63)39-26-66-21-19-33(49)41(58)52-36(22-28-10-4-3-5-11-28)43(60)54-38(24-30-25-50-34-13-7-6-12-32(30)34)45(62)51-35(14-8-9-20-48)42(59)53-37(44(61)55-39)23-29-15-17-31(57)18-16-29/h3-7,10-13,15-18,25,27,33,35-40,50,57H,8-9,14,19-24,26,48-49H2,1-2H3,(H,51,62)(H,52,58)(H,53,59)(H,54,60)(H,55,61)(H,56,63)(H,64,65)/t33-,35-,36?,37?,38-,39?,40-/m0/s1. The summed E-state index contributed by atoms with van der Waals surface area (Å²) in [5.74, 6) is -6.05. The van der Waals surface area contributed by atoms with Crippen LogP contribution in [0, 0.1) is 5.92 Å². The second-order valence-corrected chi connectivity index (χ2v) is 17.9. The molecule has 13 N–H and O–H groups in total. The molecule has 66 heavy (non-hydrogen) atoms. The molecular weight excluding hydrogens is 867 g/mol. The van der Waals surface area contributed by atoms with E-state index < -0.39 is 89.6 Å². The monoisotopic (exact) mass is 927 g/mol. The van der Waals surface area contributed by atoms with E-state index in [0.29, 0.717) is 30.5 Å². The second-order valence-electron chi connectivity index (χ2n) is 16.8. The molecule has 354 valence electrons. The lowest BCUT2D eigenvalue weighted by Crippen LogP contribution is -2.61. The number of nitrogens with two attached hydrogens (primary N) is 2. The fourth-order valence-electron chi connectivity index (χ4n) is 7.49. The van der Waals surface area contributed by atoms with Gasteiger partial charge < -0.3 is 58.6 Å². The van der Waals surface area contributed by atoms with E-state index >= 15 is 0 Å². The number of aromatic hydroxyl groups is 1. The number of aromatic nitrogens is 1. The third-order valence-corrected chi connectivity index (χ3v) is 12.4. The number of hydrogen-bond acceptors (Lipinski definition) is 11. The number of hydrogen-bond donors (Lipinski definition) is 11. The van der Waals surface area contributed by atoms with Gasteiger partial charge in [-0.25, -0.2) is 4.79 Å². The Morgan fingerprint density at radius 1 is 0.727 bits per heavy atom. The summed E-state index contributed by atoms with van der Waals surface area (Å²) in [4.78, 5) is 101. The third-order valence-electron chi connectivity index (χ3n) is 11.3. The molecule has 1 aliphatic rings. The molecule has 0 aliphatic carbocycles. The predicted octanol–water partition coefficient (Wildman–Crippen LogP) is 1.14. The van der Waals surface area contributed by atoms with Crippen molar-refractivity contribution >= 4 is 64.1 Å². The Labute approximate surface area is 387 Å². The van der Waals surface area contributed by atoms with Gasteiger partial charge in [-0.2, -0.15) is 11.8 Å². The first kappa shape index (κ1) is 50.6. The van der Waals surface area contributed by atoms with Gasteiger partial charge in [0.2, 0.25) is 35.4 Å². The molecule has 18 nitrogen and oxygen atoms in total. The SMILES string of the molecule is CC(C)[C@H](NC(=O)C1CSCC[C@H](N)C(=O)NC(Cc2ccccc2)C(=O)N[C@@H](Cc2c[nH]c3ccccc23)C(=O)N[C@@H](CCCCN)C(=O)NC(Cc2ccc(O)cc2)C(=O)N1)C(=O)O. The molecular formula is C47H61N9O9S. The topological polar surface area (TPSA) is 300 Å². The van der Waals surface area contributed by atoms with E-state index in [1.807, 2.05) is 30.3 Å². The zero-order valence-corrected chi connectivity index (χ0v) is 37.9. The zero-order valence-electron chi connectivity index (χ0n) is 37.1. The van der Waals surface area contributed by atoms with Crippen molar-refractivity contribution in [2.24, 2.45) is 17.4 Å². The van der Waals surface area contributed by atoms with Gasteiger partial charge in [-0.1, -0.05) is 74.5 Å². The van der Waals surface area contributed by atoms with Gasteiger partial charge in [0.1, 0.15) is 42.0 Å². The molecule has 1 aromatic heterocycles. The summed E-state index contributed by atoms with van der Waals surface area (Å²) in [5, 5.41) is 37.1. The molecule has 0 saturated carbocycles. The lowest BCUT2D eigenvalue weighted by Gasteiger charge is -2.28. The minimum Gasteiger partial charge on any atom is -0.508 e. The molecule has 7 atom stereocenters. The van der Waals surface area contributed by atoms with Gasteiger partial charge in [0.15, 0.2) is 0 Å². The summed E-state index contributed by atoms with van der Waals surface area (Å²) < 4.78 is 0. The van der Waals surface area contributed by atoms with Crippen molar-refractivity contribution < 1.29 is 43.8 Å². The quantitative estimate of drug-likeness (QED) is 0.0795. The number of benzene rings is 3. The molecule has 5 rings (SSSR count). The van der Waals surface area contributed by atoms with Gasteiger partial charge in [-0.3, -0.25) is 28.8 Å². The Balaban J connectivity index is 1.55. The number of carbonyl (C=O) groups is 7. The maximum Gasteiger partial charge on any atom is 0.326 e. The number of nitrogens with one attached hydrogen (secondary N) is 7. The van der Waals surface area contributed by atoms with Crippen LogP contribution >= 0.6 is 11.8 Å². The van der Waals surface area contributed by atoms with E-state index in [1.165, 1.54) is 23.9 Å². The number of carbonyl (C=O) groups excluding carboxylic acids is 6. The summed E-state index contributed by atoms with van der Waals surface area (Å²) in [6.45, 7) is 3.54. The van der Waals surface area contributed by atoms with Crippen molar-refractivity contribution in [1.82, 2.24) is 36.9 Å². The van der Waals surface area contributed by atoms with Gasteiger partial charge >= 0.3 is 5.97 Å². The summed E-state index contributed by atoms with van der Waals surface area (Å²) in [7, 11) is 0. The average molecular weight is 928 g/mol. The minimum atomic E-state index is -1.35. The number of carboxylic acid groups (broad SMARTS) is 1. The fraction of sp³-hybridized carbons (Fsp3) is 0.426. The lowest BCUT2D eigenvalue weighted by atomic mass is 10.0. The summed E-state index contributed by atoms with van der Waals surface area (Å²) in [5.41, 5.74) is 15.0. The number of thioether (sulfide) groups is 1. The van der Waals surface area contributed by atoms with Gasteiger partial charge in [0, 0.05) is 42.1 Å². The Morgan fingerprint density at radius 3 is 1.92 bits per heavy atom. The van der Waals surface area contributed by atoms with Crippen LogP contribution in [-0.4, -0.2) is 117 Å². The number of para-hydroxylation sites is 1. The van der Waals surface area contributed by atoms with Crippen molar-refractivity contribution in [3.63, 3.8) is 0 Å². The van der Waals surface area contributed by atoms with E-state index in [1.54, 1.807) is 56.4 Å². The largest absolute Gasteiger partial charge is 0.508 e. The van der Waals surface area contributed by atoms with Crippen LogP contribution in [0.25, 0.3) is 10.9 Å². The molecule has 4 aromatic rings. The molecule has 1 aliphatic heterocycles. The first-order valence-electron chi connectivity index (χ1n) is 22.1. The number of aromatic amines is 1. The van der Waals surface area contributed by atoms with E-state index in [4.69, 9.17) is 11.5 Å². The Hall–Kier alpha value is -6.44. The maximum atomic E-state index is 14.6. The van der Waals surface area contributed by atoms with Crippen molar-refractivity contribution in [2.45, 2.75) is 101 Å². The number of carboxylic acids is 1. The van der Waals surface area contributed by atoms with Gasteiger partial charge in [-0.15, -0.1) is 0 Å². The Kier molecular flexibility index (Phi) is 19.0. The first-order chi connectivity index (χ1) is 31.6. The highest BCUT2D eigenvalue weighted by atomic mass is 32.2. The Bertz CT molecular complexity index is 2290. The number of rotatable bonds is 14. The van der Waals surface area contributed by atoms with Crippen LogP contribution in [0.5, 0.6) is 5.75 Å². The van der Waals surface area contributed by atoms with Crippen molar-refractivity contribution in [3.8, 4) is 5.75 Å². The molecule has 0 radical (unpaired) electrons. The molecule has 1 fully saturated rings. The summed E-state index contributed by atoms with van der Waals surface area (Å²) in [6, 6.07) is 13.6. The highest BCUT2D eigenvalue weighted by molar-refractivity contribution is 7.99. The van der Waals surface area contributed by atoms with Crippen LogP contribution in [0.3, 0.4) is 0 Å². The second kappa shape index (κ2) is 24.7. The molecule has 3 aromatic carbocycles. The van der Waals surface area contributed by atoms with E-state index in [-0.39, 0.29) is 49.4 Å². The van der Waals surface area contributed by atoms with Crippen LogP contribution in [0.1, 0.15) is 56.2 Å². The molecule has 3 unspecified atom stereocenters. The van der Waals surface area contributed by atoms with Crippen LogP contribution < -0.4 is 43.4 Å². The number of amides is 6. The zero-order chi connectivity index (χ0) is 47.8. The van der Waals surface area contributed by atoms with E-state index in [2.05, 4.69) is 36.9 Å². The van der Waals surface area contributed by atoms with E-state index in [9.17, 15) is 43.8 Å². The molecule has 2 heterocycles. The lowest BCUT2D eigenvalue weighted by molar-refractivity contribution is -0.143. The molecule has 1 saturated heterocycles. The molecule has 0 bridgehead atoms. The fourth-order valence-corrected chi connectivity index (χ4v) is 8.55. The van der Waals surface area contributed by atoms with Crippen LogP contribution in [0.2, 0.25) is 0 Å². The van der Waals surface area contributed by atoms with Crippen molar-refractivity contribution in [2.75, 3.05) is 18.1 Å². The number of H-pyrrole nitrogens is 1. The van der Waals surface area contributed by atoms with E-state index in [0.717, 1.165) is 16.5 Å². The molecule has 19 heteroatoms. The number of unbranched alkanes of at least 4 members (excludes halogenated alkanes) is 1. The molecule has 6 amide bonds. The van der Waals surface area contributed by atoms with Crippen LogP contribution in [-0.2, 0) is 52.8 Å². The van der Waals surface area contributed by atoms with Crippen molar-refractivity contribution in [1.29, 1.82) is 0 Å². The first-order valence-corrected chi connectivity index (χ1v) is 23.2. The van der Waals surface area contributed by atoms with Crippen molar-refractivity contribution in [3.05, 3.63) is 102 Å². The predicted molar refractivity (Wildman–Crippen MR) is 251 cm³/mol. The third kappa shape index (κ3) is 14.8. The smallest absolute Gasteiger partial charge is 0.326 e. The summed E-state index contributed by atoms with van der Waals surface area (Å²) in [6.07, 6.45) is 2.73. The molecule has 0 spiro atoms. The average Bonchev–Trinajstić information content (AvgIpc) is 3.70.